The van der Waals surface area contributed by atoms with Gasteiger partial charge in [-0.2, -0.15) is 10.2 Å². The van der Waals surface area contributed by atoms with Gasteiger partial charge in [-0.05, 0) is 34.6 Å². The molecule has 2 unspecified atom stereocenters. The van der Waals surface area contributed by atoms with Gasteiger partial charge in [0, 0.05) is 24.0 Å². The topological polar surface area (TPSA) is 64.7 Å². The van der Waals surface area contributed by atoms with Gasteiger partial charge in [0.1, 0.15) is 6.04 Å². The average molecular weight is 324 g/mol. The molecule has 2 aromatic rings. The Morgan fingerprint density at radius 1 is 1.41 bits per heavy atom. The fourth-order valence-corrected chi connectivity index (χ4v) is 2.84. The Labute approximate surface area is 135 Å². The first-order valence-electron chi connectivity index (χ1n) is 7.39. The van der Waals surface area contributed by atoms with Crippen molar-refractivity contribution in [3.05, 3.63) is 34.4 Å². The summed E-state index contributed by atoms with van der Waals surface area (Å²) >= 11 is 5.85. The summed E-state index contributed by atoms with van der Waals surface area (Å²) in [5, 5.41) is 12.1. The zero-order valence-corrected chi connectivity index (χ0v) is 14.3. The van der Waals surface area contributed by atoms with Gasteiger partial charge < -0.3 is 5.32 Å². The van der Waals surface area contributed by atoms with Gasteiger partial charge in [0.15, 0.2) is 0 Å². The molecule has 2 aromatic heterocycles. The van der Waals surface area contributed by atoms with Crippen LogP contribution in [0.3, 0.4) is 0 Å². The summed E-state index contributed by atoms with van der Waals surface area (Å²) in [6.07, 6.45) is 3.16. The van der Waals surface area contributed by atoms with Crippen LogP contribution in [0, 0.1) is 13.8 Å². The van der Waals surface area contributed by atoms with E-state index in [2.05, 4.69) is 22.4 Å². The molecule has 1 amide bonds. The SMILES string of the molecule is CCn1nc(C)c(C(C)NC(=O)C(C)n2cc(Cl)cn2)c1C. The molecule has 0 saturated heterocycles. The highest BCUT2D eigenvalue weighted by Crippen LogP contribution is 2.22. The average Bonchev–Trinajstić information content (AvgIpc) is 3.01. The molecule has 0 aliphatic heterocycles. The summed E-state index contributed by atoms with van der Waals surface area (Å²) in [6.45, 7) is 10.6. The quantitative estimate of drug-likeness (QED) is 0.920. The maximum Gasteiger partial charge on any atom is 0.245 e. The second-order valence-electron chi connectivity index (χ2n) is 5.45. The molecule has 120 valence electrons. The van der Waals surface area contributed by atoms with Crippen LogP contribution in [0.5, 0.6) is 0 Å². The van der Waals surface area contributed by atoms with Gasteiger partial charge in [0.2, 0.25) is 5.91 Å². The molecule has 0 radical (unpaired) electrons. The predicted octanol–water partition coefficient (Wildman–Crippen LogP) is 2.81. The van der Waals surface area contributed by atoms with Crippen molar-refractivity contribution < 1.29 is 4.79 Å². The van der Waals surface area contributed by atoms with E-state index in [1.165, 1.54) is 6.20 Å². The maximum absolute atomic E-state index is 12.4. The van der Waals surface area contributed by atoms with E-state index in [-0.39, 0.29) is 11.9 Å². The Hall–Kier alpha value is -1.82. The lowest BCUT2D eigenvalue weighted by molar-refractivity contribution is -0.124. The Morgan fingerprint density at radius 2 is 2.09 bits per heavy atom. The summed E-state index contributed by atoms with van der Waals surface area (Å²) in [7, 11) is 0. The Morgan fingerprint density at radius 3 is 2.59 bits per heavy atom. The molecule has 0 aliphatic carbocycles. The summed E-state index contributed by atoms with van der Waals surface area (Å²) < 4.78 is 3.50. The van der Waals surface area contributed by atoms with Crippen LogP contribution in [0.1, 0.15) is 49.8 Å². The zero-order chi connectivity index (χ0) is 16.4. The number of rotatable bonds is 5. The molecule has 2 heterocycles. The Kier molecular flexibility index (Phi) is 4.90. The number of nitrogens with zero attached hydrogens (tertiary/aromatic N) is 4. The molecule has 0 bridgehead atoms. The molecular formula is C15H22ClN5O. The van der Waals surface area contributed by atoms with Crippen molar-refractivity contribution in [3.63, 3.8) is 0 Å². The molecule has 0 aliphatic rings. The number of amides is 1. The van der Waals surface area contributed by atoms with Gasteiger partial charge in [0.25, 0.3) is 0 Å². The molecule has 2 atom stereocenters. The second kappa shape index (κ2) is 6.52. The summed E-state index contributed by atoms with van der Waals surface area (Å²) in [5.74, 6) is -0.102. The van der Waals surface area contributed by atoms with Crippen molar-refractivity contribution in [1.82, 2.24) is 24.9 Å². The minimum atomic E-state index is -0.420. The fraction of sp³-hybridized carbons (Fsp3) is 0.533. The summed E-state index contributed by atoms with van der Waals surface area (Å²) in [5.41, 5.74) is 3.10. The molecule has 2 rings (SSSR count). The van der Waals surface area contributed by atoms with Crippen molar-refractivity contribution in [2.24, 2.45) is 0 Å². The second-order valence-corrected chi connectivity index (χ2v) is 5.88. The van der Waals surface area contributed by atoms with Crippen LogP contribution in [-0.2, 0) is 11.3 Å². The lowest BCUT2D eigenvalue weighted by Gasteiger charge is -2.18. The highest BCUT2D eigenvalue weighted by Gasteiger charge is 2.22. The fourth-order valence-electron chi connectivity index (χ4n) is 2.70. The molecule has 0 aromatic carbocycles. The van der Waals surface area contributed by atoms with Crippen LogP contribution < -0.4 is 5.32 Å². The molecule has 1 N–H and O–H groups in total. The first kappa shape index (κ1) is 16.5. The van der Waals surface area contributed by atoms with E-state index in [0.717, 1.165) is 23.5 Å². The number of aromatic nitrogens is 4. The third-order valence-electron chi connectivity index (χ3n) is 3.88. The Balaban J connectivity index is 2.13. The number of halogens is 1. The van der Waals surface area contributed by atoms with Crippen molar-refractivity contribution in [1.29, 1.82) is 0 Å². The maximum atomic E-state index is 12.4. The molecule has 22 heavy (non-hydrogen) atoms. The largest absolute Gasteiger partial charge is 0.348 e. The number of carbonyl (C=O) groups is 1. The number of aryl methyl sites for hydroxylation is 2. The van der Waals surface area contributed by atoms with Crippen LogP contribution in [0.25, 0.3) is 0 Å². The van der Waals surface area contributed by atoms with Gasteiger partial charge in [-0.1, -0.05) is 11.6 Å². The lowest BCUT2D eigenvalue weighted by Crippen LogP contribution is -2.33. The smallest absolute Gasteiger partial charge is 0.245 e. The van der Waals surface area contributed by atoms with Gasteiger partial charge in [-0.15, -0.1) is 0 Å². The van der Waals surface area contributed by atoms with Gasteiger partial charge >= 0.3 is 0 Å². The Bertz CT molecular complexity index is 676. The van der Waals surface area contributed by atoms with Gasteiger partial charge in [-0.3, -0.25) is 14.2 Å². The van der Waals surface area contributed by atoms with Crippen LogP contribution in [0.4, 0.5) is 0 Å². The van der Waals surface area contributed by atoms with Crippen LogP contribution in [0.2, 0.25) is 5.02 Å². The summed E-state index contributed by atoms with van der Waals surface area (Å²) in [4.78, 5) is 12.4. The van der Waals surface area contributed by atoms with Crippen molar-refractivity contribution in [2.75, 3.05) is 0 Å². The third kappa shape index (κ3) is 3.16. The first-order chi connectivity index (χ1) is 10.3. The van der Waals surface area contributed by atoms with E-state index in [4.69, 9.17) is 11.6 Å². The molecule has 7 heteroatoms. The van der Waals surface area contributed by atoms with E-state index in [9.17, 15) is 4.79 Å². The van der Waals surface area contributed by atoms with E-state index in [0.29, 0.717) is 5.02 Å². The molecular weight excluding hydrogens is 302 g/mol. The molecule has 0 spiro atoms. The van der Waals surface area contributed by atoms with Crippen molar-refractivity contribution in [3.8, 4) is 0 Å². The molecule has 0 saturated carbocycles. The van der Waals surface area contributed by atoms with E-state index in [1.807, 2.05) is 25.5 Å². The summed E-state index contributed by atoms with van der Waals surface area (Å²) in [6, 6.07) is -0.530. The molecule has 6 nitrogen and oxygen atoms in total. The van der Waals surface area contributed by atoms with Gasteiger partial charge in [-0.25, -0.2) is 0 Å². The minimum absolute atomic E-state index is 0.102. The number of hydrogen-bond acceptors (Lipinski definition) is 3. The first-order valence-corrected chi connectivity index (χ1v) is 7.76. The van der Waals surface area contributed by atoms with E-state index < -0.39 is 6.04 Å². The van der Waals surface area contributed by atoms with Crippen LogP contribution in [0.15, 0.2) is 12.4 Å². The van der Waals surface area contributed by atoms with Crippen LogP contribution in [-0.4, -0.2) is 25.5 Å². The monoisotopic (exact) mass is 323 g/mol. The lowest BCUT2D eigenvalue weighted by atomic mass is 10.1. The number of carbonyl (C=O) groups excluding carboxylic acids is 1. The zero-order valence-electron chi connectivity index (χ0n) is 13.6. The normalized spacial score (nSPS) is 13.9. The highest BCUT2D eigenvalue weighted by atomic mass is 35.5. The van der Waals surface area contributed by atoms with E-state index >= 15 is 0 Å². The van der Waals surface area contributed by atoms with Crippen molar-refractivity contribution in [2.45, 2.75) is 53.2 Å². The highest BCUT2D eigenvalue weighted by molar-refractivity contribution is 6.30. The van der Waals surface area contributed by atoms with Crippen LogP contribution >= 0.6 is 11.6 Å². The number of nitrogens with one attached hydrogen (secondary N) is 1. The van der Waals surface area contributed by atoms with E-state index in [1.54, 1.807) is 17.8 Å². The standard InChI is InChI=1S/C15H22ClN5O/c1-6-20-11(4)14(10(3)19-20)9(2)18-15(22)12(5)21-8-13(16)7-17-21/h7-9,12H,6H2,1-5H3,(H,18,22). The van der Waals surface area contributed by atoms with Gasteiger partial charge in [0.05, 0.1) is 23.0 Å². The third-order valence-corrected chi connectivity index (χ3v) is 4.07. The minimum Gasteiger partial charge on any atom is -0.348 e. The predicted molar refractivity (Wildman–Crippen MR) is 85.9 cm³/mol. The van der Waals surface area contributed by atoms with Crippen molar-refractivity contribution >= 4 is 17.5 Å². The number of hydrogen-bond donors (Lipinski definition) is 1. The molecule has 0 fully saturated rings.